The highest BCUT2D eigenvalue weighted by Gasteiger charge is 2.09. The van der Waals surface area contributed by atoms with Gasteiger partial charge in [-0.05, 0) is 47.0 Å². The van der Waals surface area contributed by atoms with Gasteiger partial charge in [0, 0.05) is 12.6 Å². The van der Waals surface area contributed by atoms with Gasteiger partial charge in [0.15, 0.2) is 0 Å². The van der Waals surface area contributed by atoms with Crippen molar-refractivity contribution in [2.24, 2.45) is 0 Å². The fourth-order valence-corrected chi connectivity index (χ4v) is 2.06. The molecule has 1 aromatic carbocycles. The zero-order valence-electron chi connectivity index (χ0n) is 11.0. The van der Waals surface area contributed by atoms with Crippen molar-refractivity contribution in [2.75, 3.05) is 6.54 Å². The summed E-state index contributed by atoms with van der Waals surface area (Å²) in [7, 11) is 0. The number of amides is 2. The predicted octanol–water partition coefficient (Wildman–Crippen LogP) is 2.29. The number of urea groups is 1. The van der Waals surface area contributed by atoms with Gasteiger partial charge in [0.2, 0.25) is 0 Å². The molecule has 0 saturated heterocycles. The summed E-state index contributed by atoms with van der Waals surface area (Å²) in [6.45, 7) is 1.89. The number of carbonyl (C=O) groups excluding carboxylic acids is 1. The van der Waals surface area contributed by atoms with Crippen LogP contribution in [0.3, 0.4) is 0 Å². The molecule has 1 aromatic rings. The quantitative estimate of drug-likeness (QED) is 0.739. The molecule has 110 valence electrons. The van der Waals surface area contributed by atoms with Crippen LogP contribution in [0.2, 0.25) is 0 Å². The van der Waals surface area contributed by atoms with E-state index in [-0.39, 0.29) is 24.8 Å². The lowest BCUT2D eigenvalue weighted by Crippen LogP contribution is -2.42. The Morgan fingerprint density at radius 1 is 1.45 bits per heavy atom. The van der Waals surface area contributed by atoms with Gasteiger partial charge in [-0.25, -0.2) is 9.18 Å². The lowest BCUT2D eigenvalue weighted by atomic mass is 10.1. The number of carboxylic acid groups (broad SMARTS) is 1. The monoisotopic (exact) mass is 346 g/mol. The Bertz CT molecular complexity index is 497. The van der Waals surface area contributed by atoms with E-state index in [0.717, 1.165) is 5.56 Å². The third kappa shape index (κ3) is 6.01. The van der Waals surface area contributed by atoms with Crippen LogP contribution in [0.15, 0.2) is 22.7 Å². The second-order valence-electron chi connectivity index (χ2n) is 4.40. The molecule has 2 amide bonds. The van der Waals surface area contributed by atoms with Gasteiger partial charge in [-0.1, -0.05) is 6.07 Å². The first-order valence-corrected chi connectivity index (χ1v) is 6.88. The molecule has 0 aromatic heterocycles. The lowest BCUT2D eigenvalue weighted by Gasteiger charge is -2.14. The number of nitrogens with one attached hydrogen (secondary N) is 2. The molecular formula is C13H16BrFN2O3. The molecule has 0 radical (unpaired) electrons. The Hall–Kier alpha value is -1.63. The van der Waals surface area contributed by atoms with Crippen LogP contribution < -0.4 is 10.6 Å². The molecular weight excluding hydrogens is 331 g/mol. The average Bonchev–Trinajstić information content (AvgIpc) is 2.33. The number of hydrogen-bond acceptors (Lipinski definition) is 2. The largest absolute Gasteiger partial charge is 0.481 e. The smallest absolute Gasteiger partial charge is 0.315 e. The molecule has 3 N–H and O–H groups in total. The zero-order chi connectivity index (χ0) is 15.1. The fourth-order valence-electron chi connectivity index (χ4n) is 1.63. The summed E-state index contributed by atoms with van der Waals surface area (Å²) >= 11 is 3.10. The van der Waals surface area contributed by atoms with Crippen LogP contribution in [0.5, 0.6) is 0 Å². The number of rotatable bonds is 6. The molecule has 0 fully saturated rings. The third-order valence-electron chi connectivity index (χ3n) is 2.53. The van der Waals surface area contributed by atoms with Crippen molar-refractivity contribution in [3.63, 3.8) is 0 Å². The number of aliphatic carboxylic acids is 1. The fraction of sp³-hybridized carbons (Fsp3) is 0.385. The highest BCUT2D eigenvalue weighted by molar-refractivity contribution is 9.10. The Morgan fingerprint density at radius 2 is 2.15 bits per heavy atom. The van der Waals surface area contributed by atoms with Crippen LogP contribution >= 0.6 is 15.9 Å². The van der Waals surface area contributed by atoms with Crippen LogP contribution in [0.1, 0.15) is 18.9 Å². The topological polar surface area (TPSA) is 78.4 Å². The average molecular weight is 347 g/mol. The van der Waals surface area contributed by atoms with E-state index < -0.39 is 12.0 Å². The SMILES string of the molecule is CC(Cc1ccc(F)c(Br)c1)NC(=O)NCCC(=O)O. The first-order chi connectivity index (χ1) is 9.38. The predicted molar refractivity (Wildman–Crippen MR) is 76.1 cm³/mol. The molecule has 0 aliphatic heterocycles. The lowest BCUT2D eigenvalue weighted by molar-refractivity contribution is -0.136. The maximum Gasteiger partial charge on any atom is 0.315 e. The van der Waals surface area contributed by atoms with Gasteiger partial charge < -0.3 is 15.7 Å². The van der Waals surface area contributed by atoms with Crippen molar-refractivity contribution < 1.29 is 19.1 Å². The van der Waals surface area contributed by atoms with E-state index in [2.05, 4.69) is 26.6 Å². The molecule has 1 atom stereocenters. The van der Waals surface area contributed by atoms with Crippen LogP contribution in [0, 0.1) is 5.82 Å². The van der Waals surface area contributed by atoms with E-state index in [1.54, 1.807) is 12.1 Å². The highest BCUT2D eigenvalue weighted by Crippen LogP contribution is 2.17. The Labute approximate surface area is 124 Å². The van der Waals surface area contributed by atoms with Gasteiger partial charge in [0.25, 0.3) is 0 Å². The second kappa shape index (κ2) is 7.84. The second-order valence-corrected chi connectivity index (χ2v) is 5.25. The maximum absolute atomic E-state index is 13.1. The Balaban J connectivity index is 2.38. The van der Waals surface area contributed by atoms with Gasteiger partial charge in [-0.2, -0.15) is 0 Å². The number of carboxylic acids is 1. The van der Waals surface area contributed by atoms with Crippen molar-refractivity contribution in [3.8, 4) is 0 Å². The molecule has 1 rings (SSSR count). The molecule has 0 heterocycles. The number of benzene rings is 1. The molecule has 1 unspecified atom stereocenters. The van der Waals surface area contributed by atoms with Gasteiger partial charge in [-0.3, -0.25) is 4.79 Å². The van der Waals surface area contributed by atoms with Crippen molar-refractivity contribution in [3.05, 3.63) is 34.1 Å². The third-order valence-corrected chi connectivity index (χ3v) is 3.14. The van der Waals surface area contributed by atoms with E-state index in [0.29, 0.717) is 10.9 Å². The van der Waals surface area contributed by atoms with Crippen LogP contribution in [0.25, 0.3) is 0 Å². The molecule has 0 bridgehead atoms. The van der Waals surface area contributed by atoms with Crippen molar-refractivity contribution in [1.82, 2.24) is 10.6 Å². The normalized spacial score (nSPS) is 11.8. The van der Waals surface area contributed by atoms with E-state index in [4.69, 9.17) is 5.11 Å². The standard InChI is InChI=1S/C13H16BrFN2O3/c1-8(17-13(20)16-5-4-12(18)19)6-9-2-3-11(15)10(14)7-9/h2-3,7-8H,4-6H2,1H3,(H,18,19)(H2,16,17,20). The summed E-state index contributed by atoms with van der Waals surface area (Å²) in [4.78, 5) is 21.8. The van der Waals surface area contributed by atoms with E-state index >= 15 is 0 Å². The summed E-state index contributed by atoms with van der Waals surface area (Å²) in [6.07, 6.45) is 0.429. The van der Waals surface area contributed by atoms with E-state index in [1.165, 1.54) is 6.07 Å². The molecule has 0 spiro atoms. The van der Waals surface area contributed by atoms with Gasteiger partial charge >= 0.3 is 12.0 Å². The minimum atomic E-state index is -0.963. The summed E-state index contributed by atoms with van der Waals surface area (Å²) in [5, 5.41) is 13.6. The van der Waals surface area contributed by atoms with Crippen LogP contribution in [-0.4, -0.2) is 29.7 Å². The van der Waals surface area contributed by atoms with Gasteiger partial charge in [0.1, 0.15) is 5.82 Å². The summed E-state index contributed by atoms with van der Waals surface area (Å²) in [6, 6.07) is 4.10. The van der Waals surface area contributed by atoms with E-state index in [9.17, 15) is 14.0 Å². The summed E-state index contributed by atoms with van der Waals surface area (Å²) in [5.74, 6) is -1.30. The Morgan fingerprint density at radius 3 is 2.75 bits per heavy atom. The van der Waals surface area contributed by atoms with Gasteiger partial charge in [-0.15, -0.1) is 0 Å². The first-order valence-electron chi connectivity index (χ1n) is 6.08. The van der Waals surface area contributed by atoms with Gasteiger partial charge in [0.05, 0.1) is 10.9 Å². The van der Waals surface area contributed by atoms with Crippen molar-refractivity contribution in [2.45, 2.75) is 25.8 Å². The number of carbonyl (C=O) groups is 2. The van der Waals surface area contributed by atoms with Crippen LogP contribution in [0.4, 0.5) is 9.18 Å². The zero-order valence-corrected chi connectivity index (χ0v) is 12.5. The molecule has 7 heteroatoms. The molecule has 0 aliphatic rings. The molecule has 20 heavy (non-hydrogen) atoms. The van der Waals surface area contributed by atoms with Crippen molar-refractivity contribution >= 4 is 27.9 Å². The van der Waals surface area contributed by atoms with E-state index in [1.807, 2.05) is 6.92 Å². The molecule has 0 aliphatic carbocycles. The number of halogens is 2. The summed E-state index contributed by atoms with van der Waals surface area (Å²) < 4.78 is 13.5. The van der Waals surface area contributed by atoms with Crippen LogP contribution in [-0.2, 0) is 11.2 Å². The Kier molecular flexibility index (Phi) is 6.44. The number of hydrogen-bond donors (Lipinski definition) is 3. The molecule has 5 nitrogen and oxygen atoms in total. The first kappa shape index (κ1) is 16.4. The summed E-state index contributed by atoms with van der Waals surface area (Å²) in [5.41, 5.74) is 0.886. The highest BCUT2D eigenvalue weighted by atomic mass is 79.9. The maximum atomic E-state index is 13.1. The van der Waals surface area contributed by atoms with Crippen molar-refractivity contribution in [1.29, 1.82) is 0 Å². The molecule has 0 saturated carbocycles. The minimum absolute atomic E-state index is 0.0793. The minimum Gasteiger partial charge on any atom is -0.481 e.